The van der Waals surface area contributed by atoms with Gasteiger partial charge in [-0.1, -0.05) is 66.7 Å². The van der Waals surface area contributed by atoms with Gasteiger partial charge in [0.2, 0.25) is 0 Å². The normalized spacial score (nSPS) is 11.2. The molecule has 0 saturated heterocycles. The van der Waals surface area contributed by atoms with E-state index in [4.69, 9.17) is 5.73 Å². The second-order valence-corrected chi connectivity index (χ2v) is 6.21. The SMILES string of the molecule is Nc1nnc2c3ccccc3n(-c3ccccc3)c2c1-c1ccccc1. The number of anilines is 1. The molecule has 2 heterocycles. The molecular weight excluding hydrogens is 320 g/mol. The van der Waals surface area contributed by atoms with Gasteiger partial charge in [-0.25, -0.2) is 0 Å². The van der Waals surface area contributed by atoms with Crippen LogP contribution in [0.15, 0.2) is 84.9 Å². The minimum Gasteiger partial charge on any atom is -0.382 e. The molecule has 5 rings (SSSR count). The van der Waals surface area contributed by atoms with Crippen LogP contribution in [0.25, 0.3) is 38.8 Å². The highest BCUT2D eigenvalue weighted by Gasteiger charge is 2.20. The fraction of sp³-hybridized carbons (Fsp3) is 0. The maximum absolute atomic E-state index is 6.30. The molecule has 26 heavy (non-hydrogen) atoms. The summed E-state index contributed by atoms with van der Waals surface area (Å²) in [6.07, 6.45) is 0. The van der Waals surface area contributed by atoms with E-state index in [0.29, 0.717) is 5.82 Å². The Morgan fingerprint density at radius 2 is 1.35 bits per heavy atom. The molecule has 2 N–H and O–H groups in total. The molecule has 2 aromatic heterocycles. The summed E-state index contributed by atoms with van der Waals surface area (Å²) < 4.78 is 2.22. The summed E-state index contributed by atoms with van der Waals surface area (Å²) in [7, 11) is 0. The molecular formula is C22H16N4. The van der Waals surface area contributed by atoms with Crippen molar-refractivity contribution in [3.63, 3.8) is 0 Å². The molecule has 0 aliphatic heterocycles. The smallest absolute Gasteiger partial charge is 0.156 e. The van der Waals surface area contributed by atoms with Crippen LogP contribution in [0, 0.1) is 0 Å². The average molecular weight is 336 g/mol. The predicted molar refractivity (Wildman–Crippen MR) is 106 cm³/mol. The molecule has 0 aliphatic rings. The Morgan fingerprint density at radius 1 is 0.692 bits per heavy atom. The standard InChI is InChI=1S/C22H16N4/c23-22-19(15-9-3-1-4-10-15)21-20(24-25-22)17-13-7-8-14-18(17)26(21)16-11-5-2-6-12-16/h1-14H,(H2,23,25). The van der Waals surface area contributed by atoms with E-state index in [2.05, 4.69) is 51.2 Å². The number of benzene rings is 3. The van der Waals surface area contributed by atoms with Crippen molar-refractivity contribution >= 4 is 27.8 Å². The summed E-state index contributed by atoms with van der Waals surface area (Å²) in [5.41, 5.74) is 12.2. The first-order valence-corrected chi connectivity index (χ1v) is 8.51. The van der Waals surface area contributed by atoms with Gasteiger partial charge in [0, 0.05) is 11.1 Å². The Balaban J connectivity index is 2.03. The number of fused-ring (bicyclic) bond motifs is 3. The van der Waals surface area contributed by atoms with Gasteiger partial charge in [-0.3, -0.25) is 0 Å². The minimum atomic E-state index is 0.434. The molecule has 0 aliphatic carbocycles. The zero-order valence-electron chi connectivity index (χ0n) is 14.0. The Morgan fingerprint density at radius 3 is 2.12 bits per heavy atom. The van der Waals surface area contributed by atoms with Gasteiger partial charge in [0.25, 0.3) is 0 Å². The lowest BCUT2D eigenvalue weighted by atomic mass is 10.1. The summed E-state index contributed by atoms with van der Waals surface area (Å²) in [6.45, 7) is 0. The predicted octanol–water partition coefficient (Wildman–Crippen LogP) is 4.82. The van der Waals surface area contributed by atoms with Crippen LogP contribution in [-0.4, -0.2) is 14.8 Å². The van der Waals surface area contributed by atoms with Crippen molar-refractivity contribution in [3.8, 4) is 16.8 Å². The van der Waals surface area contributed by atoms with Crippen molar-refractivity contribution in [2.75, 3.05) is 5.73 Å². The number of nitrogen functional groups attached to an aromatic ring is 1. The summed E-state index contributed by atoms with van der Waals surface area (Å²) >= 11 is 0. The van der Waals surface area contributed by atoms with Crippen molar-refractivity contribution in [2.24, 2.45) is 0 Å². The van der Waals surface area contributed by atoms with Crippen LogP contribution in [0.1, 0.15) is 0 Å². The van der Waals surface area contributed by atoms with Crippen molar-refractivity contribution in [3.05, 3.63) is 84.9 Å². The second kappa shape index (κ2) is 5.70. The molecule has 124 valence electrons. The van der Waals surface area contributed by atoms with Crippen LogP contribution in [0.2, 0.25) is 0 Å². The van der Waals surface area contributed by atoms with Gasteiger partial charge in [-0.2, -0.15) is 0 Å². The molecule has 0 bridgehead atoms. The number of nitrogens with zero attached hydrogens (tertiary/aromatic N) is 3. The fourth-order valence-electron chi connectivity index (χ4n) is 3.56. The minimum absolute atomic E-state index is 0.434. The molecule has 4 nitrogen and oxygen atoms in total. The maximum Gasteiger partial charge on any atom is 0.156 e. The number of para-hydroxylation sites is 2. The van der Waals surface area contributed by atoms with E-state index in [1.54, 1.807) is 0 Å². The molecule has 0 radical (unpaired) electrons. The molecule has 0 spiro atoms. The third kappa shape index (κ3) is 2.09. The largest absolute Gasteiger partial charge is 0.382 e. The first-order valence-electron chi connectivity index (χ1n) is 8.51. The van der Waals surface area contributed by atoms with Crippen molar-refractivity contribution in [2.45, 2.75) is 0 Å². The Bertz CT molecular complexity index is 1220. The third-order valence-electron chi connectivity index (χ3n) is 4.68. The molecule has 0 unspecified atom stereocenters. The number of nitrogens with two attached hydrogens (primary N) is 1. The van der Waals surface area contributed by atoms with E-state index in [0.717, 1.165) is 38.8 Å². The van der Waals surface area contributed by atoms with Gasteiger partial charge in [0.1, 0.15) is 5.52 Å². The fourth-order valence-corrected chi connectivity index (χ4v) is 3.56. The van der Waals surface area contributed by atoms with Crippen LogP contribution < -0.4 is 5.73 Å². The number of hydrogen-bond donors (Lipinski definition) is 1. The lowest BCUT2D eigenvalue weighted by Crippen LogP contribution is -2.01. The lowest BCUT2D eigenvalue weighted by Gasteiger charge is -2.12. The molecule has 4 heteroatoms. The summed E-state index contributed by atoms with van der Waals surface area (Å²) in [4.78, 5) is 0. The second-order valence-electron chi connectivity index (χ2n) is 6.21. The van der Waals surface area contributed by atoms with Crippen LogP contribution in [0.3, 0.4) is 0 Å². The highest BCUT2D eigenvalue weighted by molar-refractivity contribution is 6.13. The molecule has 0 atom stereocenters. The summed E-state index contributed by atoms with van der Waals surface area (Å²) in [5.74, 6) is 0.434. The van der Waals surface area contributed by atoms with Gasteiger partial charge >= 0.3 is 0 Å². The van der Waals surface area contributed by atoms with E-state index < -0.39 is 0 Å². The van der Waals surface area contributed by atoms with Gasteiger partial charge in [0.15, 0.2) is 5.82 Å². The van der Waals surface area contributed by atoms with Crippen LogP contribution in [0.5, 0.6) is 0 Å². The van der Waals surface area contributed by atoms with E-state index >= 15 is 0 Å². The third-order valence-corrected chi connectivity index (χ3v) is 4.68. The number of hydrogen-bond acceptors (Lipinski definition) is 3. The summed E-state index contributed by atoms with van der Waals surface area (Å²) in [6, 6.07) is 28.7. The zero-order valence-corrected chi connectivity index (χ0v) is 14.0. The van der Waals surface area contributed by atoms with Gasteiger partial charge in [-0.05, 0) is 23.8 Å². The van der Waals surface area contributed by atoms with Crippen LogP contribution in [-0.2, 0) is 0 Å². The molecule has 3 aromatic carbocycles. The molecule has 5 aromatic rings. The molecule has 0 saturated carbocycles. The monoisotopic (exact) mass is 336 g/mol. The van der Waals surface area contributed by atoms with Crippen molar-refractivity contribution in [1.29, 1.82) is 0 Å². The topological polar surface area (TPSA) is 56.7 Å². The highest BCUT2D eigenvalue weighted by atomic mass is 15.2. The quantitative estimate of drug-likeness (QED) is 0.503. The Labute approximate surface area is 150 Å². The zero-order chi connectivity index (χ0) is 17.5. The Hall–Kier alpha value is -3.66. The molecule has 0 amide bonds. The number of rotatable bonds is 2. The molecule has 0 fully saturated rings. The first kappa shape index (κ1) is 14.7. The van der Waals surface area contributed by atoms with E-state index in [-0.39, 0.29) is 0 Å². The van der Waals surface area contributed by atoms with Crippen LogP contribution >= 0.6 is 0 Å². The van der Waals surface area contributed by atoms with E-state index in [1.807, 2.05) is 48.5 Å². The van der Waals surface area contributed by atoms with Gasteiger partial charge in [-0.15, -0.1) is 10.2 Å². The average Bonchev–Trinajstić information content (AvgIpc) is 3.03. The van der Waals surface area contributed by atoms with E-state index in [1.165, 1.54) is 0 Å². The Kier molecular flexibility index (Phi) is 3.22. The van der Waals surface area contributed by atoms with Gasteiger partial charge in [0.05, 0.1) is 16.6 Å². The highest BCUT2D eigenvalue weighted by Crippen LogP contribution is 2.38. The number of aromatic nitrogens is 3. The van der Waals surface area contributed by atoms with Crippen LogP contribution in [0.4, 0.5) is 5.82 Å². The van der Waals surface area contributed by atoms with Gasteiger partial charge < -0.3 is 10.3 Å². The van der Waals surface area contributed by atoms with E-state index in [9.17, 15) is 0 Å². The van der Waals surface area contributed by atoms with Crippen molar-refractivity contribution < 1.29 is 0 Å². The lowest BCUT2D eigenvalue weighted by molar-refractivity contribution is 1.08. The van der Waals surface area contributed by atoms with Crippen molar-refractivity contribution in [1.82, 2.24) is 14.8 Å². The maximum atomic E-state index is 6.30. The first-order chi connectivity index (χ1) is 12.8. The summed E-state index contributed by atoms with van der Waals surface area (Å²) in [5, 5.41) is 9.77.